The number of esters is 1. The Balaban J connectivity index is 2.82. The Morgan fingerprint density at radius 3 is 2.67 bits per heavy atom. The summed E-state index contributed by atoms with van der Waals surface area (Å²) in [5.74, 6) is -0.425. The first-order chi connectivity index (χ1) is 10.1. The van der Waals surface area contributed by atoms with Gasteiger partial charge in [-0.25, -0.2) is 9.18 Å². The fourth-order valence-corrected chi connectivity index (χ4v) is 1.95. The Morgan fingerprint density at radius 2 is 2.05 bits per heavy atom. The lowest BCUT2D eigenvalue weighted by Crippen LogP contribution is -2.29. The molecule has 0 fully saturated rings. The lowest BCUT2D eigenvalue weighted by molar-refractivity contribution is -0.151. The third kappa shape index (κ3) is 6.12. The zero-order valence-corrected chi connectivity index (χ0v) is 12.9. The minimum Gasteiger partial charge on any atom is -0.479 e. The van der Waals surface area contributed by atoms with Crippen molar-refractivity contribution in [2.24, 2.45) is 0 Å². The van der Waals surface area contributed by atoms with Gasteiger partial charge < -0.3 is 14.8 Å². The van der Waals surface area contributed by atoms with Crippen molar-refractivity contribution in [2.75, 3.05) is 13.2 Å². The molecule has 1 unspecified atom stereocenters. The van der Waals surface area contributed by atoms with Crippen LogP contribution in [0.5, 0.6) is 5.75 Å². The van der Waals surface area contributed by atoms with Gasteiger partial charge in [0.1, 0.15) is 11.6 Å². The molecule has 21 heavy (non-hydrogen) atoms. The van der Waals surface area contributed by atoms with Crippen LogP contribution in [-0.2, 0) is 16.1 Å². The van der Waals surface area contributed by atoms with E-state index in [-0.39, 0.29) is 5.82 Å². The van der Waals surface area contributed by atoms with E-state index in [1.807, 2.05) is 13.8 Å². The highest BCUT2D eigenvalue weighted by Gasteiger charge is 2.21. The summed E-state index contributed by atoms with van der Waals surface area (Å²) in [5.41, 5.74) is 0.783. The molecule has 1 aromatic carbocycles. The van der Waals surface area contributed by atoms with Crippen LogP contribution in [0.1, 0.15) is 39.2 Å². The molecule has 0 aromatic heterocycles. The standard InChI is InChI=1S/C16H24FNO3/c1-4-7-15(16(19)20-6-3)21-14-9-12(11-18-5-2)8-13(17)10-14/h8-10,15,18H,4-7,11H2,1-3H3. The van der Waals surface area contributed by atoms with E-state index < -0.39 is 12.1 Å². The molecule has 0 heterocycles. The first-order valence-corrected chi connectivity index (χ1v) is 7.44. The summed E-state index contributed by atoms with van der Waals surface area (Å²) in [6.07, 6.45) is 0.629. The third-order valence-corrected chi connectivity index (χ3v) is 2.89. The van der Waals surface area contributed by atoms with Crippen LogP contribution < -0.4 is 10.1 Å². The highest BCUT2D eigenvalue weighted by molar-refractivity contribution is 5.75. The summed E-state index contributed by atoms with van der Waals surface area (Å²) < 4.78 is 24.2. The van der Waals surface area contributed by atoms with Crippen LogP contribution in [0.2, 0.25) is 0 Å². The van der Waals surface area contributed by atoms with Crippen LogP contribution in [0.25, 0.3) is 0 Å². The maximum Gasteiger partial charge on any atom is 0.347 e. The number of nitrogens with one attached hydrogen (secondary N) is 1. The summed E-state index contributed by atoms with van der Waals surface area (Å²) in [7, 11) is 0. The summed E-state index contributed by atoms with van der Waals surface area (Å²) in [6.45, 7) is 7.35. The van der Waals surface area contributed by atoms with Gasteiger partial charge in [-0.3, -0.25) is 0 Å². The molecule has 5 heteroatoms. The fourth-order valence-electron chi connectivity index (χ4n) is 1.95. The normalized spacial score (nSPS) is 12.0. The lowest BCUT2D eigenvalue weighted by Gasteiger charge is -2.17. The molecule has 1 rings (SSSR count). The van der Waals surface area contributed by atoms with E-state index in [0.717, 1.165) is 18.5 Å². The number of hydrogen-bond donors (Lipinski definition) is 1. The second kappa shape index (κ2) is 9.34. The number of halogens is 1. The molecule has 0 saturated heterocycles. The number of hydrogen-bond acceptors (Lipinski definition) is 4. The van der Waals surface area contributed by atoms with Gasteiger partial charge in [0.15, 0.2) is 6.10 Å². The summed E-state index contributed by atoms with van der Waals surface area (Å²) in [4.78, 5) is 11.8. The lowest BCUT2D eigenvalue weighted by atomic mass is 10.2. The zero-order valence-electron chi connectivity index (χ0n) is 12.9. The van der Waals surface area contributed by atoms with Crippen molar-refractivity contribution in [2.45, 2.75) is 46.3 Å². The monoisotopic (exact) mass is 297 g/mol. The first-order valence-electron chi connectivity index (χ1n) is 7.44. The van der Waals surface area contributed by atoms with Crippen molar-refractivity contribution < 1.29 is 18.7 Å². The molecule has 1 aromatic rings. The van der Waals surface area contributed by atoms with Gasteiger partial charge >= 0.3 is 5.97 Å². The van der Waals surface area contributed by atoms with E-state index in [2.05, 4.69) is 5.32 Å². The Kier molecular flexibility index (Phi) is 7.75. The Hall–Kier alpha value is -1.62. The summed E-state index contributed by atoms with van der Waals surface area (Å²) in [6, 6.07) is 4.49. The molecule has 1 atom stereocenters. The molecule has 0 bridgehead atoms. The van der Waals surface area contributed by atoms with Gasteiger partial charge in [-0.2, -0.15) is 0 Å². The van der Waals surface area contributed by atoms with Gasteiger partial charge in [-0.05, 0) is 37.6 Å². The smallest absolute Gasteiger partial charge is 0.347 e. The van der Waals surface area contributed by atoms with Crippen molar-refractivity contribution in [3.8, 4) is 5.75 Å². The predicted octanol–water partition coefficient (Wildman–Crippen LogP) is 3.05. The average molecular weight is 297 g/mol. The van der Waals surface area contributed by atoms with Crippen LogP contribution in [-0.4, -0.2) is 25.2 Å². The molecule has 0 aliphatic carbocycles. The van der Waals surface area contributed by atoms with E-state index >= 15 is 0 Å². The maximum atomic E-state index is 13.6. The molecule has 0 aliphatic rings. The Labute approximate surface area is 125 Å². The fraction of sp³-hybridized carbons (Fsp3) is 0.562. The van der Waals surface area contributed by atoms with Crippen LogP contribution in [0.15, 0.2) is 18.2 Å². The maximum absolute atomic E-state index is 13.6. The molecule has 0 radical (unpaired) electrons. The van der Waals surface area contributed by atoms with Gasteiger partial charge in [0, 0.05) is 12.6 Å². The van der Waals surface area contributed by atoms with Crippen LogP contribution in [0, 0.1) is 5.82 Å². The third-order valence-electron chi connectivity index (χ3n) is 2.89. The zero-order chi connectivity index (χ0) is 15.7. The largest absolute Gasteiger partial charge is 0.479 e. The van der Waals surface area contributed by atoms with E-state index in [4.69, 9.17) is 9.47 Å². The second-order valence-electron chi connectivity index (χ2n) is 4.72. The summed E-state index contributed by atoms with van der Waals surface area (Å²) in [5, 5.41) is 3.13. The Bertz CT molecular complexity index is 451. The quantitative estimate of drug-likeness (QED) is 0.712. The molecule has 0 amide bonds. The highest BCUT2D eigenvalue weighted by Crippen LogP contribution is 2.19. The van der Waals surface area contributed by atoms with Crippen molar-refractivity contribution in [1.82, 2.24) is 5.32 Å². The Morgan fingerprint density at radius 1 is 1.29 bits per heavy atom. The van der Waals surface area contributed by atoms with Crippen LogP contribution in [0.3, 0.4) is 0 Å². The van der Waals surface area contributed by atoms with E-state index in [1.54, 1.807) is 13.0 Å². The van der Waals surface area contributed by atoms with E-state index in [0.29, 0.717) is 25.3 Å². The predicted molar refractivity (Wildman–Crippen MR) is 79.7 cm³/mol. The second-order valence-corrected chi connectivity index (χ2v) is 4.72. The number of benzene rings is 1. The molecule has 0 saturated carbocycles. The minimum atomic E-state index is -0.691. The number of ether oxygens (including phenoxy) is 2. The van der Waals surface area contributed by atoms with Crippen molar-refractivity contribution in [3.63, 3.8) is 0 Å². The number of carbonyl (C=O) groups excluding carboxylic acids is 1. The highest BCUT2D eigenvalue weighted by atomic mass is 19.1. The number of rotatable bonds is 9. The molecule has 4 nitrogen and oxygen atoms in total. The van der Waals surface area contributed by atoms with Gasteiger partial charge in [0.2, 0.25) is 0 Å². The van der Waals surface area contributed by atoms with Crippen LogP contribution >= 0.6 is 0 Å². The molecule has 0 aliphatic heterocycles. The topological polar surface area (TPSA) is 47.6 Å². The summed E-state index contributed by atoms with van der Waals surface area (Å²) >= 11 is 0. The van der Waals surface area contributed by atoms with Crippen molar-refractivity contribution in [1.29, 1.82) is 0 Å². The average Bonchev–Trinajstić information content (AvgIpc) is 2.44. The molecule has 0 spiro atoms. The molecule has 118 valence electrons. The number of carbonyl (C=O) groups is 1. The van der Waals surface area contributed by atoms with Gasteiger partial charge in [-0.15, -0.1) is 0 Å². The van der Waals surface area contributed by atoms with Crippen molar-refractivity contribution in [3.05, 3.63) is 29.6 Å². The first kappa shape index (κ1) is 17.4. The van der Waals surface area contributed by atoms with Crippen LogP contribution in [0.4, 0.5) is 4.39 Å². The molecule has 1 N–H and O–H groups in total. The van der Waals surface area contributed by atoms with E-state index in [1.165, 1.54) is 12.1 Å². The van der Waals surface area contributed by atoms with E-state index in [9.17, 15) is 9.18 Å². The SMILES string of the molecule is CCCC(Oc1cc(F)cc(CNCC)c1)C(=O)OCC. The van der Waals surface area contributed by atoms with Gasteiger partial charge in [0.25, 0.3) is 0 Å². The molecular formula is C16H24FNO3. The van der Waals surface area contributed by atoms with Gasteiger partial charge in [0.05, 0.1) is 6.61 Å². The van der Waals surface area contributed by atoms with Crippen molar-refractivity contribution >= 4 is 5.97 Å². The van der Waals surface area contributed by atoms with Gasteiger partial charge in [-0.1, -0.05) is 20.3 Å². The minimum absolute atomic E-state index is 0.303. The molecular weight excluding hydrogens is 273 g/mol.